The van der Waals surface area contributed by atoms with Crippen LogP contribution in [0.2, 0.25) is 0 Å². The normalized spacial score (nSPS) is 19.3. The van der Waals surface area contributed by atoms with Gasteiger partial charge in [0.25, 0.3) is 0 Å². The molecule has 0 saturated carbocycles. The Kier molecular flexibility index (Phi) is 9.67. The first kappa shape index (κ1) is 33.3. The van der Waals surface area contributed by atoms with E-state index >= 15 is 4.39 Å². The predicted molar refractivity (Wildman–Crippen MR) is 162 cm³/mol. The molecule has 4 heterocycles. The van der Waals surface area contributed by atoms with Gasteiger partial charge in [-0.25, -0.2) is 13.8 Å². The Hall–Kier alpha value is -4.05. The largest absolute Gasteiger partial charge is 0.474 e. The number of halogens is 5. The second kappa shape index (κ2) is 13.4. The molecule has 0 aliphatic carbocycles. The summed E-state index contributed by atoms with van der Waals surface area (Å²) in [5, 5.41) is 6.37. The molecule has 11 nitrogen and oxygen atoms in total. The highest BCUT2D eigenvalue weighted by Gasteiger charge is 2.39. The number of nitrogens with two attached hydrogens (primary N) is 1. The number of ether oxygens (including phenoxy) is 2. The third-order valence-corrected chi connectivity index (χ3v) is 8.17. The number of carbonyl (C=O) groups is 1. The highest BCUT2D eigenvalue weighted by Crippen LogP contribution is 2.44. The van der Waals surface area contributed by atoms with Crippen LogP contribution in [0.25, 0.3) is 22.2 Å². The first-order valence-corrected chi connectivity index (χ1v) is 15.0. The quantitative estimate of drug-likeness (QED) is 0.266. The van der Waals surface area contributed by atoms with Crippen LogP contribution < -0.4 is 25.8 Å². The zero-order chi connectivity index (χ0) is 33.3. The minimum atomic E-state index is -5.07. The number of likely N-dealkylation sites (tertiary alicyclic amines) is 1. The van der Waals surface area contributed by atoms with Gasteiger partial charge in [-0.15, -0.1) is 0 Å². The van der Waals surface area contributed by atoms with E-state index < -0.39 is 57.5 Å². The van der Waals surface area contributed by atoms with Crippen molar-refractivity contribution < 1.29 is 36.2 Å². The molecule has 2 unspecified atom stereocenters. The lowest BCUT2D eigenvalue weighted by atomic mass is 9.96. The monoisotopic (exact) mass is 652 g/mol. The lowest BCUT2D eigenvalue weighted by Gasteiger charge is -2.25. The maximum absolute atomic E-state index is 16.5. The van der Waals surface area contributed by atoms with E-state index in [1.165, 1.54) is 4.90 Å². The van der Waals surface area contributed by atoms with Crippen molar-refractivity contribution in [2.45, 2.75) is 51.4 Å². The van der Waals surface area contributed by atoms with Crippen molar-refractivity contribution in [3.8, 4) is 23.1 Å². The molecule has 4 N–H and O–H groups in total. The average molecular weight is 653 g/mol. The zero-order valence-electron chi connectivity index (χ0n) is 26.0. The Morgan fingerprint density at radius 3 is 2.63 bits per heavy atom. The fourth-order valence-corrected chi connectivity index (χ4v) is 5.67. The van der Waals surface area contributed by atoms with E-state index in [0.29, 0.717) is 32.6 Å². The van der Waals surface area contributed by atoms with Crippen LogP contribution in [0.3, 0.4) is 0 Å². The molecule has 16 heteroatoms. The Bertz CT molecular complexity index is 1620. The fourth-order valence-electron chi connectivity index (χ4n) is 5.67. The molecule has 0 spiro atoms. The molecule has 2 aliphatic rings. The summed E-state index contributed by atoms with van der Waals surface area (Å²) in [5.41, 5.74) is 1.01. The van der Waals surface area contributed by atoms with E-state index in [1.807, 2.05) is 4.90 Å². The summed E-state index contributed by atoms with van der Waals surface area (Å²) in [5.74, 6) is -2.63. The van der Waals surface area contributed by atoms with Gasteiger partial charge in [-0.2, -0.15) is 23.1 Å². The second-order valence-electron chi connectivity index (χ2n) is 11.7. The van der Waals surface area contributed by atoms with Crippen LogP contribution >= 0.6 is 0 Å². The number of hydrogen-bond acceptors (Lipinski definition) is 10. The van der Waals surface area contributed by atoms with Gasteiger partial charge >= 0.3 is 12.2 Å². The molecule has 1 aromatic carbocycles. The lowest BCUT2D eigenvalue weighted by Crippen LogP contribution is -2.41. The molecular weight excluding hydrogens is 615 g/mol. The molecule has 2 atom stereocenters. The summed E-state index contributed by atoms with van der Waals surface area (Å²) in [6, 6.07) is 0.342. The van der Waals surface area contributed by atoms with E-state index in [1.54, 1.807) is 21.0 Å². The first-order valence-electron chi connectivity index (χ1n) is 15.0. The number of alkyl halides is 3. The molecule has 5 rings (SSSR count). The molecular formula is C30H37F5N8O3. The van der Waals surface area contributed by atoms with Crippen LogP contribution in [0.15, 0.2) is 6.07 Å². The zero-order valence-corrected chi connectivity index (χ0v) is 26.0. The third-order valence-electron chi connectivity index (χ3n) is 8.17. The number of rotatable bonds is 6. The van der Waals surface area contributed by atoms with E-state index in [9.17, 15) is 22.4 Å². The minimum Gasteiger partial charge on any atom is -0.474 e. The number of aromatic nitrogens is 3. The van der Waals surface area contributed by atoms with Gasteiger partial charge in [0.05, 0.1) is 23.9 Å². The molecule has 0 bridgehead atoms. The Morgan fingerprint density at radius 2 is 1.91 bits per heavy atom. The summed E-state index contributed by atoms with van der Waals surface area (Å²) in [6.07, 6.45) is -3.45. The van der Waals surface area contributed by atoms with Gasteiger partial charge in [0.15, 0.2) is 5.82 Å². The van der Waals surface area contributed by atoms with Crippen molar-refractivity contribution in [2.75, 3.05) is 64.5 Å². The van der Waals surface area contributed by atoms with Crippen LogP contribution in [0.4, 0.5) is 33.5 Å². The maximum atomic E-state index is 16.5. The fraction of sp³-hybridized carbons (Fsp3) is 0.533. The Morgan fingerprint density at radius 1 is 1.15 bits per heavy atom. The summed E-state index contributed by atoms with van der Waals surface area (Å²) in [4.78, 5) is 28.8. The molecule has 1 amide bonds. The molecule has 46 heavy (non-hydrogen) atoms. The number of anilines is 2. The van der Waals surface area contributed by atoms with Crippen LogP contribution in [-0.2, 0) is 11.0 Å². The minimum absolute atomic E-state index is 0.0155. The number of nitrogen functional groups attached to an aromatic ring is 1. The molecule has 250 valence electrons. The third kappa shape index (κ3) is 6.87. The smallest absolute Gasteiger partial charge is 0.417 e. The number of likely N-dealkylation sites (N-methyl/N-ethyl adjacent to an activating group) is 1. The van der Waals surface area contributed by atoms with Gasteiger partial charge in [0, 0.05) is 38.8 Å². The molecule has 0 radical (unpaired) electrons. The lowest BCUT2D eigenvalue weighted by molar-refractivity contribution is -0.137. The number of pyridine rings is 1. The SMILES string of the molecule is Cc1c(F)c(N)cc(-c2nc3c4c(nc(OCC5CCCN5CC(=O)N(C)C)nc4c2F)NCCNCCC(C)O3)c1C(F)(F)F. The highest BCUT2D eigenvalue weighted by molar-refractivity contribution is 5.96. The van der Waals surface area contributed by atoms with Crippen LogP contribution in [0, 0.1) is 18.6 Å². The van der Waals surface area contributed by atoms with Gasteiger partial charge in [-0.1, -0.05) is 0 Å². The van der Waals surface area contributed by atoms with Crippen molar-refractivity contribution >= 4 is 28.3 Å². The molecule has 2 aliphatic heterocycles. The van der Waals surface area contributed by atoms with Crippen molar-refractivity contribution in [1.29, 1.82) is 0 Å². The Balaban J connectivity index is 1.65. The van der Waals surface area contributed by atoms with Crippen molar-refractivity contribution in [3.63, 3.8) is 0 Å². The predicted octanol–water partition coefficient (Wildman–Crippen LogP) is 3.98. The standard InChI is InChI=1S/C30H37F5N8O3/c1-15-7-8-37-9-10-38-27-21-26(40-29(41-27)45-14-17-6-5-11-43(17)13-20(44)42(3)4)24(32)25(39-28(21)46-15)18-12-19(36)23(31)16(2)22(18)30(33,34)35/h12,15,17,37H,5-11,13-14,36H2,1-4H3,(H,38,40,41). The van der Waals surface area contributed by atoms with Crippen LogP contribution in [-0.4, -0.2) is 96.2 Å². The average Bonchev–Trinajstić information content (AvgIpc) is 3.42. The summed E-state index contributed by atoms with van der Waals surface area (Å²) in [6.45, 7) is 5.09. The number of carbonyl (C=O) groups excluding carboxylic acids is 1. The van der Waals surface area contributed by atoms with E-state index in [-0.39, 0.29) is 48.2 Å². The number of nitrogens with zero attached hydrogens (tertiary/aromatic N) is 5. The summed E-state index contributed by atoms with van der Waals surface area (Å²) >= 11 is 0. The number of hydrogen-bond donors (Lipinski definition) is 3. The van der Waals surface area contributed by atoms with Gasteiger partial charge in [-0.3, -0.25) is 9.69 Å². The van der Waals surface area contributed by atoms with Crippen molar-refractivity contribution in [3.05, 3.63) is 28.8 Å². The summed E-state index contributed by atoms with van der Waals surface area (Å²) < 4.78 is 86.2. The van der Waals surface area contributed by atoms with Crippen molar-refractivity contribution in [1.82, 2.24) is 30.1 Å². The van der Waals surface area contributed by atoms with Gasteiger partial charge in [-0.05, 0) is 57.8 Å². The molecule has 1 saturated heterocycles. The number of benzene rings is 1. The number of amides is 1. The molecule has 3 aromatic rings. The van der Waals surface area contributed by atoms with E-state index in [2.05, 4.69) is 25.6 Å². The second-order valence-corrected chi connectivity index (χ2v) is 11.7. The van der Waals surface area contributed by atoms with Crippen molar-refractivity contribution in [2.24, 2.45) is 0 Å². The van der Waals surface area contributed by atoms with Gasteiger partial charge < -0.3 is 30.7 Å². The maximum Gasteiger partial charge on any atom is 0.417 e. The van der Waals surface area contributed by atoms with Crippen LogP contribution in [0.5, 0.6) is 11.9 Å². The number of nitrogens with one attached hydrogen (secondary N) is 2. The highest BCUT2D eigenvalue weighted by atomic mass is 19.4. The van der Waals surface area contributed by atoms with Gasteiger partial charge in [0.1, 0.15) is 34.8 Å². The van der Waals surface area contributed by atoms with E-state index in [0.717, 1.165) is 25.8 Å². The Labute approximate surface area is 262 Å². The molecule has 1 fully saturated rings. The van der Waals surface area contributed by atoms with Gasteiger partial charge in [0.2, 0.25) is 11.8 Å². The summed E-state index contributed by atoms with van der Waals surface area (Å²) in [7, 11) is 3.35. The topological polar surface area (TPSA) is 131 Å². The molecule has 2 aromatic heterocycles. The van der Waals surface area contributed by atoms with E-state index in [4.69, 9.17) is 15.2 Å². The van der Waals surface area contributed by atoms with Crippen LogP contribution in [0.1, 0.15) is 37.3 Å². The first-order chi connectivity index (χ1) is 21.8.